The highest BCUT2D eigenvalue weighted by Gasteiger charge is 2.08. The Bertz CT molecular complexity index is 227. The van der Waals surface area contributed by atoms with Crippen LogP contribution in [0.3, 0.4) is 0 Å². The molecule has 0 spiro atoms. The molecule has 1 rings (SSSR count). The molecule has 0 aromatic carbocycles. The molecule has 0 radical (unpaired) electrons. The van der Waals surface area contributed by atoms with E-state index in [0.717, 1.165) is 19.3 Å². The van der Waals surface area contributed by atoms with Crippen LogP contribution in [-0.2, 0) is 4.79 Å². The Balaban J connectivity index is 2.81. The molecule has 0 heterocycles. The van der Waals surface area contributed by atoms with Crippen LogP contribution in [0.5, 0.6) is 0 Å². The molecule has 0 aliphatic heterocycles. The predicted octanol–water partition coefficient (Wildman–Crippen LogP) is 3.02. The molecule has 1 aliphatic carbocycles. The quantitative estimate of drug-likeness (QED) is 0.613. The molecule has 1 heteroatoms. The van der Waals surface area contributed by atoms with Crippen LogP contribution >= 0.6 is 0 Å². The van der Waals surface area contributed by atoms with Gasteiger partial charge in [-0.05, 0) is 30.9 Å². The van der Waals surface area contributed by atoms with Crippen molar-refractivity contribution in [1.29, 1.82) is 0 Å². The van der Waals surface area contributed by atoms with Crippen LogP contribution in [-0.4, -0.2) is 5.78 Å². The van der Waals surface area contributed by atoms with Crippen LogP contribution < -0.4 is 0 Å². The van der Waals surface area contributed by atoms with Crippen LogP contribution in [0.1, 0.15) is 39.5 Å². The number of carbonyl (C=O) groups is 1. The van der Waals surface area contributed by atoms with Gasteiger partial charge in [-0.2, -0.15) is 0 Å². The Hall–Kier alpha value is -0.850. The summed E-state index contributed by atoms with van der Waals surface area (Å²) < 4.78 is 0. The monoisotopic (exact) mass is 164 g/mol. The highest BCUT2D eigenvalue weighted by molar-refractivity contribution is 5.91. The second-order valence-electron chi connectivity index (χ2n) is 3.14. The van der Waals surface area contributed by atoms with Gasteiger partial charge in [0.05, 0.1) is 0 Å². The first kappa shape index (κ1) is 9.24. The summed E-state index contributed by atoms with van der Waals surface area (Å²) in [6.07, 6.45) is 7.59. The zero-order valence-corrected chi connectivity index (χ0v) is 7.89. The lowest BCUT2D eigenvalue weighted by molar-refractivity contribution is -0.114. The summed E-state index contributed by atoms with van der Waals surface area (Å²) in [6.45, 7) is 4.35. The molecule has 0 aromatic heterocycles. The third-order valence-corrected chi connectivity index (χ3v) is 2.42. The van der Waals surface area contributed by atoms with Gasteiger partial charge in [0.25, 0.3) is 0 Å². The Labute approximate surface area is 74.2 Å². The average molecular weight is 164 g/mol. The van der Waals surface area contributed by atoms with E-state index in [1.165, 1.54) is 11.1 Å². The Kier molecular flexibility index (Phi) is 3.27. The van der Waals surface area contributed by atoms with Gasteiger partial charge in [-0.1, -0.05) is 25.5 Å². The number of ketones is 1. The molecule has 1 aliphatic rings. The fourth-order valence-corrected chi connectivity index (χ4v) is 1.62. The minimum absolute atomic E-state index is 0.269. The maximum absolute atomic E-state index is 10.9. The number of carbonyl (C=O) groups excluding carboxylic acids is 1. The van der Waals surface area contributed by atoms with Crippen LogP contribution in [0, 0.1) is 0 Å². The summed E-state index contributed by atoms with van der Waals surface area (Å²) >= 11 is 0. The van der Waals surface area contributed by atoms with Crippen molar-refractivity contribution < 1.29 is 4.79 Å². The van der Waals surface area contributed by atoms with Crippen molar-refractivity contribution in [2.45, 2.75) is 39.5 Å². The van der Waals surface area contributed by atoms with E-state index in [4.69, 9.17) is 0 Å². The second kappa shape index (κ2) is 4.24. The molecule has 0 saturated heterocycles. The van der Waals surface area contributed by atoms with E-state index < -0.39 is 0 Å². The van der Waals surface area contributed by atoms with Gasteiger partial charge < -0.3 is 0 Å². The summed E-state index contributed by atoms with van der Waals surface area (Å²) in [6, 6.07) is 0. The van der Waals surface area contributed by atoms with Crippen molar-refractivity contribution in [2.75, 3.05) is 0 Å². The number of rotatable bonds is 2. The molecule has 0 N–H and O–H groups in total. The van der Waals surface area contributed by atoms with Gasteiger partial charge in [-0.15, -0.1) is 0 Å². The molecule has 0 amide bonds. The third-order valence-electron chi connectivity index (χ3n) is 2.42. The van der Waals surface area contributed by atoms with Gasteiger partial charge >= 0.3 is 0 Å². The van der Waals surface area contributed by atoms with Crippen molar-refractivity contribution >= 4 is 5.78 Å². The number of hydrogen-bond acceptors (Lipinski definition) is 1. The lowest BCUT2D eigenvalue weighted by Gasteiger charge is -2.11. The summed E-state index contributed by atoms with van der Waals surface area (Å²) in [5.74, 6) is 0.269. The largest absolute Gasteiger partial charge is 0.295 e. The minimum atomic E-state index is 0.269. The van der Waals surface area contributed by atoms with Crippen molar-refractivity contribution in [1.82, 2.24) is 0 Å². The molecule has 1 nitrogen and oxygen atoms in total. The molecule has 0 atom stereocenters. The van der Waals surface area contributed by atoms with E-state index in [1.807, 2.05) is 6.08 Å². The maximum Gasteiger partial charge on any atom is 0.156 e. The number of hydrogen-bond donors (Lipinski definition) is 0. The molecule has 12 heavy (non-hydrogen) atoms. The van der Waals surface area contributed by atoms with Gasteiger partial charge in [-0.3, -0.25) is 4.79 Å². The first-order valence-electron chi connectivity index (χ1n) is 4.69. The molecular formula is C11H16O. The number of allylic oxidation sites excluding steroid dienone is 4. The molecule has 66 valence electrons. The lowest BCUT2D eigenvalue weighted by atomic mass is 9.94. The van der Waals surface area contributed by atoms with E-state index in [0.29, 0.717) is 6.42 Å². The fourth-order valence-electron chi connectivity index (χ4n) is 1.62. The topological polar surface area (TPSA) is 17.1 Å². The van der Waals surface area contributed by atoms with E-state index in [9.17, 15) is 4.79 Å². The van der Waals surface area contributed by atoms with Gasteiger partial charge in [-0.25, -0.2) is 0 Å². The van der Waals surface area contributed by atoms with Crippen molar-refractivity contribution in [2.24, 2.45) is 0 Å². The van der Waals surface area contributed by atoms with E-state index in [-0.39, 0.29) is 5.78 Å². The standard InChI is InChI=1S/C11H16O/c1-3-9(4-2)10-5-7-11(12)8-6-10/h5,7H,3-4,6,8H2,1-2H3. The molecule has 0 fully saturated rings. The van der Waals surface area contributed by atoms with Gasteiger partial charge in [0.15, 0.2) is 5.78 Å². The highest BCUT2D eigenvalue weighted by atomic mass is 16.1. The van der Waals surface area contributed by atoms with E-state index >= 15 is 0 Å². The van der Waals surface area contributed by atoms with Crippen LogP contribution in [0.25, 0.3) is 0 Å². The van der Waals surface area contributed by atoms with Gasteiger partial charge in [0.1, 0.15) is 0 Å². The van der Waals surface area contributed by atoms with Crippen molar-refractivity contribution in [3.8, 4) is 0 Å². The minimum Gasteiger partial charge on any atom is -0.295 e. The van der Waals surface area contributed by atoms with Crippen molar-refractivity contribution in [3.05, 3.63) is 23.3 Å². The zero-order valence-electron chi connectivity index (χ0n) is 7.89. The first-order chi connectivity index (χ1) is 5.77. The Morgan fingerprint density at radius 2 is 1.92 bits per heavy atom. The average Bonchev–Trinajstić information content (AvgIpc) is 2.10. The van der Waals surface area contributed by atoms with Crippen LogP contribution in [0.15, 0.2) is 23.3 Å². The van der Waals surface area contributed by atoms with E-state index in [2.05, 4.69) is 13.8 Å². The Morgan fingerprint density at radius 3 is 2.33 bits per heavy atom. The maximum atomic E-state index is 10.9. The molecule has 0 saturated carbocycles. The summed E-state index contributed by atoms with van der Waals surface area (Å²) in [7, 11) is 0. The molecular weight excluding hydrogens is 148 g/mol. The highest BCUT2D eigenvalue weighted by Crippen LogP contribution is 2.21. The SMILES string of the molecule is CCC(CC)=C1C=CC(=O)CC1. The molecule has 0 unspecified atom stereocenters. The van der Waals surface area contributed by atoms with Crippen LogP contribution in [0.2, 0.25) is 0 Å². The molecule has 0 aromatic rings. The second-order valence-corrected chi connectivity index (χ2v) is 3.14. The van der Waals surface area contributed by atoms with E-state index in [1.54, 1.807) is 6.08 Å². The van der Waals surface area contributed by atoms with Gasteiger partial charge in [0.2, 0.25) is 0 Å². The van der Waals surface area contributed by atoms with Crippen LogP contribution in [0.4, 0.5) is 0 Å². The smallest absolute Gasteiger partial charge is 0.156 e. The molecule has 0 bridgehead atoms. The first-order valence-corrected chi connectivity index (χ1v) is 4.69. The summed E-state index contributed by atoms with van der Waals surface area (Å²) in [5, 5.41) is 0. The lowest BCUT2D eigenvalue weighted by Crippen LogP contribution is -2.01. The summed E-state index contributed by atoms with van der Waals surface area (Å²) in [4.78, 5) is 10.9. The predicted molar refractivity (Wildman–Crippen MR) is 51.0 cm³/mol. The fraction of sp³-hybridized carbons (Fsp3) is 0.545. The van der Waals surface area contributed by atoms with Gasteiger partial charge in [0, 0.05) is 6.42 Å². The summed E-state index contributed by atoms with van der Waals surface area (Å²) in [5.41, 5.74) is 2.89. The zero-order chi connectivity index (χ0) is 8.97. The Morgan fingerprint density at radius 1 is 1.25 bits per heavy atom. The normalized spacial score (nSPS) is 16.8. The van der Waals surface area contributed by atoms with Crippen molar-refractivity contribution in [3.63, 3.8) is 0 Å². The third kappa shape index (κ3) is 2.07.